The van der Waals surface area contributed by atoms with E-state index in [0.717, 1.165) is 0 Å². The van der Waals surface area contributed by atoms with Gasteiger partial charge in [-0.3, -0.25) is 14.9 Å². The van der Waals surface area contributed by atoms with Crippen LogP contribution < -0.4 is 16.2 Å². The number of benzene rings is 1. The number of aromatic nitrogens is 1. The molecule has 0 radical (unpaired) electrons. The number of halogens is 1. The van der Waals surface area contributed by atoms with Crippen molar-refractivity contribution in [2.24, 2.45) is 0 Å². The molecule has 2 aromatic rings. The topological polar surface area (TPSA) is 80.2 Å². The van der Waals surface area contributed by atoms with Gasteiger partial charge >= 0.3 is 6.03 Å². The molecule has 3 rings (SSSR count). The van der Waals surface area contributed by atoms with Gasteiger partial charge in [0, 0.05) is 11.8 Å². The van der Waals surface area contributed by atoms with Gasteiger partial charge in [0.2, 0.25) is 0 Å². The van der Waals surface area contributed by atoms with Crippen molar-refractivity contribution < 1.29 is 14.0 Å². The summed E-state index contributed by atoms with van der Waals surface area (Å²) in [5.41, 5.74) is -0.444. The Labute approximate surface area is 137 Å². The van der Waals surface area contributed by atoms with Crippen LogP contribution in [0.25, 0.3) is 0 Å². The first-order valence-corrected chi connectivity index (χ1v) is 7.40. The van der Waals surface area contributed by atoms with E-state index in [9.17, 15) is 18.8 Å². The molecule has 2 heterocycles. The second kappa shape index (κ2) is 5.59. The minimum atomic E-state index is -1.47. The Bertz CT molecular complexity index is 906. The van der Waals surface area contributed by atoms with E-state index in [1.807, 2.05) is 0 Å². The summed E-state index contributed by atoms with van der Waals surface area (Å²) in [7, 11) is 0. The normalized spacial score (nSPS) is 20.0. The number of carbonyl (C=O) groups is 2. The van der Waals surface area contributed by atoms with Crippen LogP contribution >= 0.6 is 0 Å². The van der Waals surface area contributed by atoms with Gasteiger partial charge in [-0.25, -0.2) is 9.18 Å². The second-order valence-electron chi connectivity index (χ2n) is 5.90. The zero-order valence-corrected chi connectivity index (χ0v) is 13.2. The molecule has 2 N–H and O–H groups in total. The molecule has 24 heavy (non-hydrogen) atoms. The number of amides is 3. The molecule has 1 aliphatic heterocycles. The molecule has 1 aromatic heterocycles. The monoisotopic (exact) mass is 329 g/mol. The minimum Gasteiger partial charge on any atom is -0.318 e. The van der Waals surface area contributed by atoms with Crippen molar-refractivity contribution >= 4 is 11.9 Å². The molecule has 1 aromatic carbocycles. The molecule has 0 bridgehead atoms. The van der Waals surface area contributed by atoms with Crippen LogP contribution in [0.2, 0.25) is 0 Å². The lowest BCUT2D eigenvalue weighted by atomic mass is 9.88. The smallest absolute Gasteiger partial charge is 0.318 e. The maximum atomic E-state index is 13.6. The second-order valence-corrected chi connectivity index (χ2v) is 5.90. The van der Waals surface area contributed by atoms with Gasteiger partial charge in [0.05, 0.1) is 6.54 Å². The molecule has 1 saturated heterocycles. The lowest BCUT2D eigenvalue weighted by molar-refractivity contribution is -0.124. The molecular weight excluding hydrogens is 313 g/mol. The lowest BCUT2D eigenvalue weighted by Gasteiger charge is -2.28. The molecule has 0 spiro atoms. The van der Waals surface area contributed by atoms with Crippen LogP contribution in [0.1, 0.15) is 16.7 Å². The van der Waals surface area contributed by atoms with Crippen LogP contribution in [0.4, 0.5) is 9.18 Å². The van der Waals surface area contributed by atoms with Crippen LogP contribution in [0, 0.1) is 19.7 Å². The van der Waals surface area contributed by atoms with E-state index in [4.69, 9.17) is 0 Å². The first kappa shape index (κ1) is 15.9. The van der Waals surface area contributed by atoms with E-state index < -0.39 is 23.3 Å². The van der Waals surface area contributed by atoms with Gasteiger partial charge in [-0.2, -0.15) is 0 Å². The Hall–Kier alpha value is -2.96. The highest BCUT2D eigenvalue weighted by Crippen LogP contribution is 2.28. The summed E-state index contributed by atoms with van der Waals surface area (Å²) in [5, 5.41) is 4.79. The van der Waals surface area contributed by atoms with Gasteiger partial charge in [-0.05, 0) is 37.1 Å². The SMILES string of the molecule is Cc1cc(C2(Cn3cccc(C)c3=O)NC(=O)NC2=O)ccc1F. The van der Waals surface area contributed by atoms with Gasteiger partial charge in [0.25, 0.3) is 11.5 Å². The first-order valence-electron chi connectivity index (χ1n) is 7.40. The Balaban J connectivity index is 2.15. The molecule has 3 amide bonds. The predicted molar refractivity (Wildman–Crippen MR) is 84.9 cm³/mol. The van der Waals surface area contributed by atoms with E-state index >= 15 is 0 Å². The number of nitrogens with zero attached hydrogens (tertiary/aromatic N) is 1. The summed E-state index contributed by atoms with van der Waals surface area (Å²) < 4.78 is 14.9. The fourth-order valence-corrected chi connectivity index (χ4v) is 2.84. The Kier molecular flexibility index (Phi) is 3.71. The van der Waals surface area contributed by atoms with Crippen LogP contribution in [-0.2, 0) is 16.9 Å². The molecule has 124 valence electrons. The summed E-state index contributed by atoms with van der Waals surface area (Å²) >= 11 is 0. The summed E-state index contributed by atoms with van der Waals surface area (Å²) in [5.74, 6) is -0.988. The number of nitrogens with one attached hydrogen (secondary N) is 2. The van der Waals surface area contributed by atoms with Crippen molar-refractivity contribution in [2.75, 3.05) is 0 Å². The average molecular weight is 329 g/mol. The highest BCUT2D eigenvalue weighted by atomic mass is 19.1. The number of aryl methyl sites for hydroxylation is 2. The molecule has 1 atom stereocenters. The molecule has 0 aliphatic carbocycles. The molecule has 1 aliphatic rings. The predicted octanol–water partition coefficient (Wildman–Crippen LogP) is 1.34. The largest absolute Gasteiger partial charge is 0.322 e. The molecular formula is C17H16FN3O3. The van der Waals surface area contributed by atoms with Gasteiger partial charge in [-0.1, -0.05) is 18.2 Å². The maximum absolute atomic E-state index is 13.6. The number of hydrogen-bond acceptors (Lipinski definition) is 3. The Morgan fingerprint density at radius 3 is 2.50 bits per heavy atom. The van der Waals surface area contributed by atoms with E-state index in [0.29, 0.717) is 16.7 Å². The van der Waals surface area contributed by atoms with Crippen LogP contribution in [-0.4, -0.2) is 16.5 Å². The van der Waals surface area contributed by atoms with Crippen molar-refractivity contribution in [3.63, 3.8) is 0 Å². The van der Waals surface area contributed by atoms with Crippen molar-refractivity contribution in [3.05, 3.63) is 69.4 Å². The van der Waals surface area contributed by atoms with Gasteiger partial charge in [0.1, 0.15) is 5.82 Å². The number of imide groups is 1. The molecule has 7 heteroatoms. The molecule has 1 fully saturated rings. The van der Waals surface area contributed by atoms with E-state index in [1.54, 1.807) is 32.2 Å². The standard InChI is InChI=1S/C17H16FN3O3/c1-10-4-3-7-21(14(10)22)9-17(15(23)19-16(24)20-17)12-5-6-13(18)11(2)8-12/h3-8H,9H2,1-2H3,(H2,19,20,23,24). The molecule has 0 saturated carbocycles. The van der Waals surface area contributed by atoms with Crippen LogP contribution in [0.5, 0.6) is 0 Å². The Morgan fingerprint density at radius 2 is 1.88 bits per heavy atom. The van der Waals surface area contributed by atoms with Crippen LogP contribution in [0.3, 0.4) is 0 Å². The van der Waals surface area contributed by atoms with Crippen molar-refractivity contribution in [3.8, 4) is 0 Å². The zero-order chi connectivity index (χ0) is 17.5. The number of hydrogen-bond donors (Lipinski definition) is 2. The molecule has 6 nitrogen and oxygen atoms in total. The molecule has 1 unspecified atom stereocenters. The number of pyridine rings is 1. The summed E-state index contributed by atoms with van der Waals surface area (Å²) in [6.07, 6.45) is 1.55. The highest BCUT2D eigenvalue weighted by Gasteiger charge is 2.48. The third-order valence-corrected chi connectivity index (χ3v) is 4.21. The van der Waals surface area contributed by atoms with Crippen molar-refractivity contribution in [1.29, 1.82) is 0 Å². The fourth-order valence-electron chi connectivity index (χ4n) is 2.84. The number of carbonyl (C=O) groups excluding carboxylic acids is 2. The summed E-state index contributed by atoms with van der Waals surface area (Å²) in [4.78, 5) is 36.5. The average Bonchev–Trinajstić information content (AvgIpc) is 2.81. The van der Waals surface area contributed by atoms with E-state index in [1.165, 1.54) is 22.8 Å². The number of urea groups is 1. The lowest BCUT2D eigenvalue weighted by Crippen LogP contribution is -2.49. The summed E-state index contributed by atoms with van der Waals surface area (Å²) in [6.45, 7) is 3.15. The van der Waals surface area contributed by atoms with Gasteiger partial charge in [-0.15, -0.1) is 0 Å². The van der Waals surface area contributed by atoms with Gasteiger partial charge < -0.3 is 9.88 Å². The summed E-state index contributed by atoms with van der Waals surface area (Å²) in [6, 6.07) is 6.89. The third kappa shape index (κ3) is 2.47. The van der Waals surface area contributed by atoms with E-state index in [-0.39, 0.29) is 12.1 Å². The highest BCUT2D eigenvalue weighted by molar-refractivity contribution is 6.07. The first-order chi connectivity index (χ1) is 11.3. The zero-order valence-electron chi connectivity index (χ0n) is 13.2. The van der Waals surface area contributed by atoms with E-state index in [2.05, 4.69) is 10.6 Å². The Morgan fingerprint density at radius 1 is 1.12 bits per heavy atom. The number of rotatable bonds is 3. The van der Waals surface area contributed by atoms with Crippen LogP contribution in [0.15, 0.2) is 41.3 Å². The quantitative estimate of drug-likeness (QED) is 0.834. The van der Waals surface area contributed by atoms with Crippen molar-refractivity contribution in [1.82, 2.24) is 15.2 Å². The fraction of sp³-hybridized carbons (Fsp3) is 0.235. The van der Waals surface area contributed by atoms with Gasteiger partial charge in [0.15, 0.2) is 5.54 Å². The maximum Gasteiger partial charge on any atom is 0.322 e. The minimum absolute atomic E-state index is 0.0871. The third-order valence-electron chi connectivity index (χ3n) is 4.21. The van der Waals surface area contributed by atoms with Crippen molar-refractivity contribution in [2.45, 2.75) is 25.9 Å².